The molecule has 106 valence electrons. The highest BCUT2D eigenvalue weighted by Gasteiger charge is 2.33. The molecule has 2 saturated carbocycles. The van der Waals surface area contributed by atoms with Gasteiger partial charge in [-0.25, -0.2) is 8.42 Å². The van der Waals surface area contributed by atoms with Gasteiger partial charge >= 0.3 is 0 Å². The fourth-order valence-electron chi connectivity index (χ4n) is 3.63. The Labute approximate surface area is 111 Å². The average molecular weight is 273 g/mol. The minimum Gasteiger partial charge on any atom is -0.327 e. The van der Waals surface area contributed by atoms with E-state index in [1.807, 2.05) is 0 Å². The Hall–Kier alpha value is -0.0900. The molecule has 0 saturated heterocycles. The van der Waals surface area contributed by atoms with Crippen molar-refractivity contribution in [3.63, 3.8) is 0 Å². The van der Waals surface area contributed by atoms with E-state index in [4.69, 9.17) is 5.73 Å². The largest absolute Gasteiger partial charge is 0.327 e. The van der Waals surface area contributed by atoms with Gasteiger partial charge in [-0.1, -0.05) is 32.6 Å². The molecule has 2 rings (SSSR count). The third-order valence-electron chi connectivity index (χ3n) is 4.83. The summed E-state index contributed by atoms with van der Waals surface area (Å²) in [7, 11) is -2.98. The molecule has 0 spiro atoms. The Balaban J connectivity index is 1.93. The Bertz CT molecular complexity index is 360. The molecule has 0 bridgehead atoms. The van der Waals surface area contributed by atoms with Crippen molar-refractivity contribution in [2.24, 2.45) is 17.6 Å². The van der Waals surface area contributed by atoms with E-state index >= 15 is 0 Å². The van der Waals surface area contributed by atoms with Gasteiger partial charge in [0.2, 0.25) is 0 Å². The summed E-state index contributed by atoms with van der Waals surface area (Å²) in [5.41, 5.74) is 6.13. The van der Waals surface area contributed by atoms with E-state index in [-0.39, 0.29) is 17.0 Å². The third kappa shape index (κ3) is 3.47. The molecule has 2 aliphatic carbocycles. The van der Waals surface area contributed by atoms with Gasteiger partial charge in [-0.2, -0.15) is 0 Å². The van der Waals surface area contributed by atoms with Crippen molar-refractivity contribution in [3.05, 3.63) is 0 Å². The summed E-state index contributed by atoms with van der Waals surface area (Å²) in [5, 5.41) is -0.117. The van der Waals surface area contributed by atoms with Crippen molar-refractivity contribution in [1.29, 1.82) is 0 Å². The van der Waals surface area contributed by atoms with Crippen LogP contribution in [0.3, 0.4) is 0 Å². The van der Waals surface area contributed by atoms with Gasteiger partial charge in [0.05, 0.1) is 11.0 Å². The minimum atomic E-state index is -2.98. The predicted octanol–water partition coefficient (Wildman–Crippen LogP) is 2.50. The maximum atomic E-state index is 12.4. The van der Waals surface area contributed by atoms with Gasteiger partial charge in [-0.05, 0) is 37.5 Å². The lowest BCUT2D eigenvalue weighted by Gasteiger charge is -2.28. The maximum Gasteiger partial charge on any atom is 0.154 e. The molecule has 2 aliphatic rings. The highest BCUT2D eigenvalue weighted by atomic mass is 32.2. The molecule has 0 amide bonds. The van der Waals surface area contributed by atoms with Crippen molar-refractivity contribution in [2.45, 2.75) is 69.6 Å². The van der Waals surface area contributed by atoms with Crippen LogP contribution in [0.5, 0.6) is 0 Å². The Morgan fingerprint density at radius 1 is 1.11 bits per heavy atom. The molecule has 18 heavy (non-hydrogen) atoms. The van der Waals surface area contributed by atoms with Gasteiger partial charge in [0.1, 0.15) is 0 Å². The third-order valence-corrected chi connectivity index (χ3v) is 7.12. The fourth-order valence-corrected chi connectivity index (χ4v) is 5.86. The normalized spacial score (nSPS) is 32.6. The number of sulfone groups is 1. The molecule has 0 aromatic rings. The summed E-state index contributed by atoms with van der Waals surface area (Å²) in [4.78, 5) is 0. The Morgan fingerprint density at radius 2 is 1.78 bits per heavy atom. The van der Waals surface area contributed by atoms with Crippen molar-refractivity contribution in [2.75, 3.05) is 5.75 Å². The standard InChI is InChI=1S/C14H27NO2S/c1-11-5-4-8-13(9-11)18(16,17)10-14(15)12-6-2-3-7-12/h11-14H,2-10,15H2,1H3. The number of hydrogen-bond acceptors (Lipinski definition) is 3. The van der Waals surface area contributed by atoms with E-state index in [1.165, 1.54) is 19.3 Å². The second-order valence-corrected chi connectivity index (χ2v) is 8.76. The molecular formula is C14H27NO2S. The van der Waals surface area contributed by atoms with E-state index < -0.39 is 9.84 Å². The highest BCUT2D eigenvalue weighted by molar-refractivity contribution is 7.92. The molecule has 3 nitrogen and oxygen atoms in total. The summed E-state index contributed by atoms with van der Waals surface area (Å²) < 4.78 is 24.8. The van der Waals surface area contributed by atoms with Gasteiger partial charge in [0.25, 0.3) is 0 Å². The van der Waals surface area contributed by atoms with Crippen LogP contribution < -0.4 is 5.73 Å². The average Bonchev–Trinajstić information content (AvgIpc) is 2.82. The van der Waals surface area contributed by atoms with Crippen LogP contribution in [-0.4, -0.2) is 25.5 Å². The zero-order valence-electron chi connectivity index (χ0n) is 11.5. The molecule has 0 aromatic heterocycles. The van der Waals surface area contributed by atoms with Gasteiger partial charge in [-0.15, -0.1) is 0 Å². The molecule has 0 aromatic carbocycles. The van der Waals surface area contributed by atoms with Crippen LogP contribution in [0, 0.1) is 11.8 Å². The molecule has 2 fully saturated rings. The predicted molar refractivity (Wildman–Crippen MR) is 75.1 cm³/mol. The second-order valence-electron chi connectivity index (χ2n) is 6.43. The first kappa shape index (κ1) is 14.3. The van der Waals surface area contributed by atoms with Crippen LogP contribution in [0.15, 0.2) is 0 Å². The van der Waals surface area contributed by atoms with Crippen LogP contribution in [0.2, 0.25) is 0 Å². The van der Waals surface area contributed by atoms with Gasteiger partial charge < -0.3 is 5.73 Å². The van der Waals surface area contributed by atoms with Crippen molar-refractivity contribution < 1.29 is 8.42 Å². The number of rotatable bonds is 4. The van der Waals surface area contributed by atoms with Crippen LogP contribution in [0.4, 0.5) is 0 Å². The zero-order valence-corrected chi connectivity index (χ0v) is 12.3. The SMILES string of the molecule is CC1CCCC(S(=O)(=O)CC(N)C2CCCC2)C1. The van der Waals surface area contributed by atoms with Crippen molar-refractivity contribution in [1.82, 2.24) is 0 Å². The molecule has 4 heteroatoms. The van der Waals surface area contributed by atoms with E-state index in [0.717, 1.165) is 32.1 Å². The van der Waals surface area contributed by atoms with Gasteiger partial charge in [-0.3, -0.25) is 0 Å². The van der Waals surface area contributed by atoms with E-state index in [0.29, 0.717) is 11.8 Å². The molecule has 0 radical (unpaired) electrons. The van der Waals surface area contributed by atoms with Crippen LogP contribution >= 0.6 is 0 Å². The zero-order chi connectivity index (χ0) is 13.2. The number of hydrogen-bond donors (Lipinski definition) is 1. The second kappa shape index (κ2) is 5.91. The lowest BCUT2D eigenvalue weighted by Crippen LogP contribution is -2.40. The smallest absolute Gasteiger partial charge is 0.154 e. The first-order chi connectivity index (χ1) is 8.49. The monoisotopic (exact) mass is 273 g/mol. The van der Waals surface area contributed by atoms with Crippen molar-refractivity contribution >= 4 is 9.84 Å². The van der Waals surface area contributed by atoms with Gasteiger partial charge in [0.15, 0.2) is 9.84 Å². The fraction of sp³-hybridized carbons (Fsp3) is 1.00. The summed E-state index contributed by atoms with van der Waals surface area (Å²) in [5.74, 6) is 1.22. The summed E-state index contributed by atoms with van der Waals surface area (Å²) in [6.45, 7) is 2.17. The molecule has 2 N–H and O–H groups in total. The maximum absolute atomic E-state index is 12.4. The lowest BCUT2D eigenvalue weighted by molar-refractivity contribution is 0.379. The lowest BCUT2D eigenvalue weighted by atomic mass is 9.91. The first-order valence-electron chi connectivity index (χ1n) is 7.46. The summed E-state index contributed by atoms with van der Waals surface area (Å²) in [6.07, 6.45) is 8.63. The minimum absolute atomic E-state index is 0.117. The molecule has 3 unspecified atom stereocenters. The quantitative estimate of drug-likeness (QED) is 0.856. The highest BCUT2D eigenvalue weighted by Crippen LogP contribution is 2.31. The molecular weight excluding hydrogens is 246 g/mol. The van der Waals surface area contributed by atoms with Crippen molar-refractivity contribution in [3.8, 4) is 0 Å². The summed E-state index contributed by atoms with van der Waals surface area (Å²) in [6, 6.07) is -0.130. The molecule has 0 heterocycles. The van der Waals surface area contributed by atoms with E-state index in [9.17, 15) is 8.42 Å². The Kier molecular flexibility index (Phi) is 4.70. The van der Waals surface area contributed by atoms with E-state index in [2.05, 4.69) is 6.92 Å². The molecule has 0 aliphatic heterocycles. The van der Waals surface area contributed by atoms with Crippen LogP contribution in [-0.2, 0) is 9.84 Å². The summed E-state index contributed by atoms with van der Waals surface area (Å²) >= 11 is 0. The number of nitrogens with two attached hydrogens (primary N) is 1. The van der Waals surface area contributed by atoms with Gasteiger partial charge in [0, 0.05) is 6.04 Å². The Morgan fingerprint density at radius 3 is 2.39 bits per heavy atom. The van der Waals surface area contributed by atoms with Crippen LogP contribution in [0.25, 0.3) is 0 Å². The molecule has 3 atom stereocenters. The van der Waals surface area contributed by atoms with Crippen LogP contribution in [0.1, 0.15) is 58.3 Å². The topological polar surface area (TPSA) is 60.2 Å². The van der Waals surface area contributed by atoms with E-state index in [1.54, 1.807) is 0 Å². The first-order valence-corrected chi connectivity index (χ1v) is 9.17.